The molecule has 0 fully saturated rings. The second-order valence-corrected chi connectivity index (χ2v) is 4.86. The molecular weight excluding hydrogens is 242 g/mol. The number of amides is 2. The molecule has 0 saturated carbocycles. The molecule has 0 aromatic heterocycles. The highest BCUT2D eigenvalue weighted by molar-refractivity contribution is 5.93. The molecular formula is C14H19N3O2. The lowest BCUT2D eigenvalue weighted by atomic mass is 9.97. The molecule has 1 aromatic rings. The van der Waals surface area contributed by atoms with Gasteiger partial charge in [-0.2, -0.15) is 0 Å². The van der Waals surface area contributed by atoms with Crippen LogP contribution in [0.15, 0.2) is 18.2 Å². The number of rotatable bonds is 4. The molecule has 102 valence electrons. The van der Waals surface area contributed by atoms with Crippen LogP contribution in [0.3, 0.4) is 0 Å². The largest absolute Gasteiger partial charge is 0.366 e. The molecule has 1 aliphatic heterocycles. The third-order valence-corrected chi connectivity index (χ3v) is 3.38. The molecule has 3 N–H and O–H groups in total. The van der Waals surface area contributed by atoms with Gasteiger partial charge in [-0.15, -0.1) is 0 Å². The highest BCUT2D eigenvalue weighted by Crippen LogP contribution is 2.19. The Hall–Kier alpha value is -1.88. The fourth-order valence-corrected chi connectivity index (χ4v) is 2.35. The van der Waals surface area contributed by atoms with Gasteiger partial charge in [0.25, 0.3) is 0 Å². The zero-order valence-electron chi connectivity index (χ0n) is 11.1. The van der Waals surface area contributed by atoms with Crippen molar-refractivity contribution < 1.29 is 9.59 Å². The summed E-state index contributed by atoms with van der Waals surface area (Å²) in [6, 6.07) is 5.64. The molecule has 1 aliphatic rings. The van der Waals surface area contributed by atoms with E-state index in [0.717, 1.165) is 26.1 Å². The first-order valence-corrected chi connectivity index (χ1v) is 6.44. The molecule has 1 aromatic carbocycles. The number of carbonyl (C=O) groups excluding carboxylic acids is 2. The smallest absolute Gasteiger partial charge is 0.248 e. The van der Waals surface area contributed by atoms with E-state index < -0.39 is 0 Å². The normalized spacial score (nSPS) is 14.8. The van der Waals surface area contributed by atoms with E-state index >= 15 is 0 Å². The van der Waals surface area contributed by atoms with Crippen LogP contribution in [0.1, 0.15) is 28.4 Å². The zero-order chi connectivity index (χ0) is 13.8. The van der Waals surface area contributed by atoms with Crippen molar-refractivity contribution >= 4 is 11.8 Å². The third-order valence-electron chi connectivity index (χ3n) is 3.38. The summed E-state index contributed by atoms with van der Waals surface area (Å²) < 4.78 is 0. The van der Waals surface area contributed by atoms with E-state index in [-0.39, 0.29) is 11.8 Å². The van der Waals surface area contributed by atoms with Crippen molar-refractivity contribution in [2.24, 2.45) is 5.73 Å². The first-order valence-electron chi connectivity index (χ1n) is 6.44. The molecule has 5 nitrogen and oxygen atoms in total. The number of benzene rings is 1. The number of nitrogens with two attached hydrogens (primary N) is 1. The van der Waals surface area contributed by atoms with Crippen molar-refractivity contribution in [1.82, 2.24) is 10.2 Å². The van der Waals surface area contributed by atoms with Gasteiger partial charge in [-0.3, -0.25) is 14.5 Å². The van der Waals surface area contributed by atoms with E-state index in [9.17, 15) is 9.59 Å². The Morgan fingerprint density at radius 2 is 2.16 bits per heavy atom. The number of hydrogen-bond acceptors (Lipinski definition) is 3. The van der Waals surface area contributed by atoms with E-state index in [0.29, 0.717) is 12.1 Å². The molecule has 0 spiro atoms. The molecule has 19 heavy (non-hydrogen) atoms. The summed E-state index contributed by atoms with van der Waals surface area (Å²) in [7, 11) is 0. The van der Waals surface area contributed by atoms with Crippen molar-refractivity contribution in [3.8, 4) is 0 Å². The second-order valence-electron chi connectivity index (χ2n) is 4.86. The van der Waals surface area contributed by atoms with Crippen molar-refractivity contribution in [2.45, 2.75) is 19.9 Å². The van der Waals surface area contributed by atoms with Crippen molar-refractivity contribution in [3.63, 3.8) is 0 Å². The molecule has 0 atom stereocenters. The van der Waals surface area contributed by atoms with Crippen LogP contribution in [0.4, 0.5) is 0 Å². The number of hydrogen-bond donors (Lipinski definition) is 2. The first kappa shape index (κ1) is 13.5. The first-order chi connectivity index (χ1) is 9.06. The summed E-state index contributed by atoms with van der Waals surface area (Å²) in [4.78, 5) is 24.2. The Labute approximate surface area is 112 Å². The average Bonchev–Trinajstić information content (AvgIpc) is 2.37. The van der Waals surface area contributed by atoms with Gasteiger partial charge in [-0.05, 0) is 29.7 Å². The van der Waals surface area contributed by atoms with Gasteiger partial charge < -0.3 is 11.1 Å². The summed E-state index contributed by atoms with van der Waals surface area (Å²) in [6.45, 7) is 4.83. The standard InChI is InChI=1S/C14H19N3O2/c1-10(18)16-5-7-17-6-4-11-8-12(14(15)19)2-3-13(11)9-17/h2-3,8H,4-7,9H2,1H3,(H2,15,19)(H,16,18). The monoisotopic (exact) mass is 261 g/mol. The minimum atomic E-state index is -0.379. The van der Waals surface area contributed by atoms with E-state index in [2.05, 4.69) is 10.2 Å². The van der Waals surface area contributed by atoms with Crippen LogP contribution in [-0.4, -0.2) is 36.3 Å². The van der Waals surface area contributed by atoms with Gasteiger partial charge in [-0.1, -0.05) is 6.07 Å². The number of fused-ring (bicyclic) bond motifs is 1. The van der Waals surface area contributed by atoms with E-state index in [4.69, 9.17) is 5.73 Å². The lowest BCUT2D eigenvalue weighted by Gasteiger charge is -2.28. The Balaban J connectivity index is 1.96. The molecule has 0 aliphatic carbocycles. The van der Waals surface area contributed by atoms with Crippen LogP contribution >= 0.6 is 0 Å². The molecule has 0 bridgehead atoms. The topological polar surface area (TPSA) is 75.4 Å². The molecule has 1 heterocycles. The van der Waals surface area contributed by atoms with Gasteiger partial charge in [0.15, 0.2) is 0 Å². The van der Waals surface area contributed by atoms with Crippen LogP contribution in [0.2, 0.25) is 0 Å². The van der Waals surface area contributed by atoms with Crippen LogP contribution < -0.4 is 11.1 Å². The van der Waals surface area contributed by atoms with Crippen LogP contribution in [-0.2, 0) is 17.8 Å². The highest BCUT2D eigenvalue weighted by Gasteiger charge is 2.16. The van der Waals surface area contributed by atoms with Gasteiger partial charge in [0.2, 0.25) is 11.8 Å². The van der Waals surface area contributed by atoms with Crippen molar-refractivity contribution in [1.29, 1.82) is 0 Å². The summed E-state index contributed by atoms with van der Waals surface area (Å²) in [5, 5.41) is 2.80. The minimum Gasteiger partial charge on any atom is -0.366 e. The maximum Gasteiger partial charge on any atom is 0.248 e. The van der Waals surface area contributed by atoms with Crippen LogP contribution in [0, 0.1) is 0 Å². The predicted octanol–water partition coefficient (Wildman–Crippen LogP) is 0.280. The maximum atomic E-state index is 11.1. The highest BCUT2D eigenvalue weighted by atomic mass is 16.1. The van der Waals surface area contributed by atoms with Gasteiger partial charge in [-0.25, -0.2) is 0 Å². The molecule has 0 unspecified atom stereocenters. The predicted molar refractivity (Wildman–Crippen MR) is 72.6 cm³/mol. The Morgan fingerprint density at radius 1 is 1.37 bits per heavy atom. The molecule has 5 heteroatoms. The molecule has 0 radical (unpaired) electrons. The zero-order valence-corrected chi connectivity index (χ0v) is 11.1. The Bertz CT molecular complexity index is 499. The molecule has 0 saturated heterocycles. The Kier molecular flexibility index (Phi) is 4.16. The number of primary amides is 1. The summed E-state index contributed by atoms with van der Waals surface area (Å²) in [5.41, 5.74) is 8.29. The lowest BCUT2D eigenvalue weighted by Crippen LogP contribution is -2.37. The fourth-order valence-electron chi connectivity index (χ4n) is 2.35. The average molecular weight is 261 g/mol. The van der Waals surface area contributed by atoms with Crippen LogP contribution in [0.5, 0.6) is 0 Å². The van der Waals surface area contributed by atoms with Gasteiger partial charge in [0.05, 0.1) is 0 Å². The van der Waals surface area contributed by atoms with Gasteiger partial charge in [0.1, 0.15) is 0 Å². The summed E-state index contributed by atoms with van der Waals surface area (Å²) >= 11 is 0. The van der Waals surface area contributed by atoms with Crippen molar-refractivity contribution in [2.75, 3.05) is 19.6 Å². The summed E-state index contributed by atoms with van der Waals surface area (Å²) in [6.07, 6.45) is 0.913. The van der Waals surface area contributed by atoms with Gasteiger partial charge in [0, 0.05) is 38.7 Å². The maximum absolute atomic E-state index is 11.1. The summed E-state index contributed by atoms with van der Waals surface area (Å²) in [5.74, 6) is -0.376. The second kappa shape index (κ2) is 5.84. The minimum absolute atomic E-state index is 0.00325. The molecule has 2 rings (SSSR count). The lowest BCUT2D eigenvalue weighted by molar-refractivity contribution is -0.119. The third kappa shape index (κ3) is 3.54. The van der Waals surface area contributed by atoms with E-state index in [1.807, 2.05) is 12.1 Å². The molecule has 2 amide bonds. The Morgan fingerprint density at radius 3 is 2.84 bits per heavy atom. The fraction of sp³-hybridized carbons (Fsp3) is 0.429. The number of carbonyl (C=O) groups is 2. The number of nitrogens with one attached hydrogen (secondary N) is 1. The number of nitrogens with zero attached hydrogens (tertiary/aromatic N) is 1. The van der Waals surface area contributed by atoms with E-state index in [1.165, 1.54) is 18.1 Å². The quantitative estimate of drug-likeness (QED) is 0.817. The van der Waals surface area contributed by atoms with E-state index in [1.54, 1.807) is 6.07 Å². The van der Waals surface area contributed by atoms with Gasteiger partial charge >= 0.3 is 0 Å². The SMILES string of the molecule is CC(=O)NCCN1CCc2cc(C(N)=O)ccc2C1. The van der Waals surface area contributed by atoms with Crippen molar-refractivity contribution in [3.05, 3.63) is 34.9 Å². The van der Waals surface area contributed by atoms with Crippen LogP contribution in [0.25, 0.3) is 0 Å².